The zero-order valence-electron chi connectivity index (χ0n) is 21.0. The van der Waals surface area contributed by atoms with Crippen molar-refractivity contribution in [3.05, 3.63) is 81.8 Å². The Balaban J connectivity index is 1.52. The molecule has 0 spiro atoms. The summed E-state index contributed by atoms with van der Waals surface area (Å²) in [6.07, 6.45) is 1.53. The number of hydrazone groups is 1. The average molecular weight is 568 g/mol. The van der Waals surface area contributed by atoms with E-state index >= 15 is 0 Å². The summed E-state index contributed by atoms with van der Waals surface area (Å²) in [6, 6.07) is 18.7. The molecule has 0 saturated heterocycles. The molecule has 2 amide bonds. The first-order valence-electron chi connectivity index (χ1n) is 11.8. The topological polar surface area (TPSA) is 98.2 Å². The normalized spacial score (nSPS) is 10.7. The van der Waals surface area contributed by atoms with Crippen LogP contribution in [0.2, 0.25) is 0 Å². The molecule has 3 aromatic rings. The molecule has 2 N–H and O–H groups in total. The van der Waals surface area contributed by atoms with Gasteiger partial charge in [-0.3, -0.25) is 9.59 Å². The molecule has 0 aromatic heterocycles. The fraction of sp³-hybridized carbons (Fsp3) is 0.250. The van der Waals surface area contributed by atoms with E-state index in [9.17, 15) is 9.59 Å². The number of nitrogens with zero attached hydrogens (tertiary/aromatic N) is 1. The van der Waals surface area contributed by atoms with Crippen molar-refractivity contribution >= 4 is 39.6 Å². The number of amides is 2. The van der Waals surface area contributed by atoms with E-state index in [0.29, 0.717) is 46.2 Å². The fourth-order valence-electron chi connectivity index (χ4n) is 3.26. The van der Waals surface area contributed by atoms with Gasteiger partial charge in [-0.05, 0) is 77.3 Å². The third kappa shape index (κ3) is 8.95. The molecule has 0 bridgehead atoms. The van der Waals surface area contributed by atoms with Crippen molar-refractivity contribution in [1.82, 2.24) is 5.43 Å². The molecule has 0 unspecified atom stereocenters. The summed E-state index contributed by atoms with van der Waals surface area (Å²) >= 11 is 3.54. The molecule has 0 radical (unpaired) electrons. The van der Waals surface area contributed by atoms with Gasteiger partial charge in [-0.25, -0.2) is 5.43 Å². The molecular weight excluding hydrogens is 538 g/mol. The van der Waals surface area contributed by atoms with Crippen molar-refractivity contribution < 1.29 is 23.8 Å². The predicted molar refractivity (Wildman–Crippen MR) is 147 cm³/mol. The second kappa shape index (κ2) is 14.0. The Hall–Kier alpha value is -3.85. The van der Waals surface area contributed by atoms with Crippen LogP contribution >= 0.6 is 15.9 Å². The maximum absolute atomic E-state index is 12.1. The Bertz CT molecular complexity index is 1230. The number of carbonyl (C=O) groups is 2. The highest BCUT2D eigenvalue weighted by Crippen LogP contribution is 2.37. The van der Waals surface area contributed by atoms with Crippen molar-refractivity contribution in [1.29, 1.82) is 0 Å². The maximum Gasteiger partial charge on any atom is 0.240 e. The lowest BCUT2D eigenvalue weighted by Gasteiger charge is -2.15. The highest BCUT2D eigenvalue weighted by molar-refractivity contribution is 9.10. The predicted octanol–water partition coefficient (Wildman–Crippen LogP) is 5.61. The van der Waals surface area contributed by atoms with E-state index in [0.717, 1.165) is 5.56 Å². The quantitative estimate of drug-likeness (QED) is 0.219. The fourth-order valence-corrected chi connectivity index (χ4v) is 3.84. The number of hydrogen-bond donors (Lipinski definition) is 2. The second-order valence-electron chi connectivity index (χ2n) is 8.11. The summed E-state index contributed by atoms with van der Waals surface area (Å²) in [4.78, 5) is 24.2. The van der Waals surface area contributed by atoms with Crippen molar-refractivity contribution in [3.63, 3.8) is 0 Å². The largest absolute Gasteiger partial charge is 0.497 e. The highest BCUT2D eigenvalue weighted by atomic mass is 79.9. The molecular formula is C28H30BrN3O5. The van der Waals surface area contributed by atoms with Crippen LogP contribution in [0.25, 0.3) is 0 Å². The van der Waals surface area contributed by atoms with Crippen molar-refractivity contribution in [2.24, 2.45) is 5.10 Å². The van der Waals surface area contributed by atoms with E-state index in [2.05, 4.69) is 31.8 Å². The minimum absolute atomic E-state index is 0.000985. The Labute approximate surface area is 225 Å². The molecule has 3 aromatic carbocycles. The summed E-state index contributed by atoms with van der Waals surface area (Å²) in [5, 5.41) is 6.75. The number of aryl methyl sites for hydroxylation is 1. The number of hydrogen-bond acceptors (Lipinski definition) is 6. The van der Waals surface area contributed by atoms with E-state index in [1.54, 1.807) is 37.4 Å². The zero-order valence-corrected chi connectivity index (χ0v) is 22.6. The van der Waals surface area contributed by atoms with Gasteiger partial charge in [0.1, 0.15) is 12.4 Å². The van der Waals surface area contributed by atoms with Crippen molar-refractivity contribution in [2.75, 3.05) is 19.0 Å². The van der Waals surface area contributed by atoms with Gasteiger partial charge in [0.05, 0.1) is 24.4 Å². The van der Waals surface area contributed by atoms with Crippen LogP contribution in [0, 0.1) is 6.92 Å². The molecule has 3 rings (SSSR count). The van der Waals surface area contributed by atoms with Crippen LogP contribution in [0.3, 0.4) is 0 Å². The summed E-state index contributed by atoms with van der Waals surface area (Å²) in [5.74, 6) is 1.21. The number of rotatable bonds is 12. The van der Waals surface area contributed by atoms with Crippen LogP contribution < -0.4 is 25.0 Å². The lowest BCUT2D eigenvalue weighted by Crippen LogP contribution is -2.20. The smallest absolute Gasteiger partial charge is 0.240 e. The molecule has 37 heavy (non-hydrogen) atoms. The van der Waals surface area contributed by atoms with E-state index in [-0.39, 0.29) is 24.7 Å². The number of methoxy groups -OCH3 is 1. The molecule has 0 saturated carbocycles. The number of anilines is 1. The standard InChI is InChI=1S/C28H30BrN3O5/c1-4-36-25-16-21(15-24(29)28(25)37-18-20-7-5-19(2)6-8-20)17-30-32-27(34)14-13-26(33)31-22-9-11-23(35-3)12-10-22/h5-12,15-17H,4,13-14,18H2,1-3H3,(H,31,33)(H,32,34). The van der Waals surface area contributed by atoms with Gasteiger partial charge in [0.25, 0.3) is 0 Å². The minimum Gasteiger partial charge on any atom is -0.497 e. The third-order valence-electron chi connectivity index (χ3n) is 5.19. The molecule has 9 heteroatoms. The number of ether oxygens (including phenoxy) is 3. The number of nitrogens with one attached hydrogen (secondary N) is 2. The van der Waals surface area contributed by atoms with Gasteiger partial charge >= 0.3 is 0 Å². The van der Waals surface area contributed by atoms with Crippen LogP contribution in [0.1, 0.15) is 36.5 Å². The Kier molecular flexibility index (Phi) is 10.5. The van der Waals surface area contributed by atoms with Gasteiger partial charge in [0, 0.05) is 18.5 Å². The van der Waals surface area contributed by atoms with Gasteiger partial charge < -0.3 is 19.5 Å². The lowest BCUT2D eigenvalue weighted by atomic mass is 10.2. The minimum atomic E-state index is -0.372. The van der Waals surface area contributed by atoms with Gasteiger partial charge in [-0.2, -0.15) is 5.10 Å². The SMILES string of the molecule is CCOc1cc(C=NNC(=O)CCC(=O)Nc2ccc(OC)cc2)cc(Br)c1OCc1ccc(C)cc1. The van der Waals surface area contributed by atoms with Crippen molar-refractivity contribution in [2.45, 2.75) is 33.3 Å². The molecule has 194 valence electrons. The van der Waals surface area contributed by atoms with E-state index < -0.39 is 0 Å². The number of benzene rings is 3. The van der Waals surface area contributed by atoms with Gasteiger partial charge in [-0.15, -0.1) is 0 Å². The van der Waals surface area contributed by atoms with Crippen LogP contribution in [0.4, 0.5) is 5.69 Å². The van der Waals surface area contributed by atoms with E-state index in [1.807, 2.05) is 44.2 Å². The average Bonchev–Trinajstić information content (AvgIpc) is 2.89. The number of halogens is 1. The Morgan fingerprint density at radius 3 is 2.35 bits per heavy atom. The van der Waals surface area contributed by atoms with E-state index in [1.165, 1.54) is 11.8 Å². The molecule has 0 fully saturated rings. The third-order valence-corrected chi connectivity index (χ3v) is 5.78. The molecule has 0 aliphatic rings. The first-order chi connectivity index (χ1) is 17.9. The molecule has 8 nitrogen and oxygen atoms in total. The summed E-state index contributed by atoms with van der Waals surface area (Å²) in [6.45, 7) is 4.79. The zero-order chi connectivity index (χ0) is 26.6. The number of carbonyl (C=O) groups excluding carboxylic acids is 2. The van der Waals surface area contributed by atoms with Crippen LogP contribution in [0.5, 0.6) is 17.2 Å². The van der Waals surface area contributed by atoms with Crippen LogP contribution in [-0.4, -0.2) is 31.7 Å². The van der Waals surface area contributed by atoms with Gasteiger partial charge in [-0.1, -0.05) is 29.8 Å². The van der Waals surface area contributed by atoms with Gasteiger partial charge in [0.2, 0.25) is 11.8 Å². The Morgan fingerprint density at radius 1 is 0.973 bits per heavy atom. The van der Waals surface area contributed by atoms with E-state index in [4.69, 9.17) is 14.2 Å². The molecule has 0 aliphatic heterocycles. The lowest BCUT2D eigenvalue weighted by molar-refractivity contribution is -0.124. The van der Waals surface area contributed by atoms with Crippen molar-refractivity contribution in [3.8, 4) is 17.2 Å². The summed E-state index contributed by atoms with van der Waals surface area (Å²) < 4.78 is 17.6. The second-order valence-corrected chi connectivity index (χ2v) is 8.96. The van der Waals surface area contributed by atoms with Gasteiger partial charge in [0.15, 0.2) is 11.5 Å². The first kappa shape index (κ1) is 27.7. The maximum atomic E-state index is 12.1. The molecule has 0 aliphatic carbocycles. The summed E-state index contributed by atoms with van der Waals surface area (Å²) in [7, 11) is 1.57. The Morgan fingerprint density at radius 2 is 1.68 bits per heavy atom. The molecule has 0 heterocycles. The van der Waals surface area contributed by atoms with Crippen LogP contribution in [0.15, 0.2) is 70.2 Å². The summed E-state index contributed by atoms with van der Waals surface area (Å²) in [5.41, 5.74) is 6.02. The van der Waals surface area contributed by atoms with Crippen LogP contribution in [-0.2, 0) is 16.2 Å². The molecule has 0 atom stereocenters. The highest BCUT2D eigenvalue weighted by Gasteiger charge is 2.13. The monoisotopic (exact) mass is 567 g/mol. The first-order valence-corrected chi connectivity index (χ1v) is 12.6.